The van der Waals surface area contributed by atoms with Gasteiger partial charge in [0.2, 0.25) is 0 Å². The zero-order valence-electron chi connectivity index (χ0n) is 16.4. The molecule has 2 N–H and O–H groups in total. The van der Waals surface area contributed by atoms with E-state index in [0.717, 1.165) is 37.8 Å². The van der Waals surface area contributed by atoms with Gasteiger partial charge >= 0.3 is 0 Å². The van der Waals surface area contributed by atoms with Crippen molar-refractivity contribution in [1.82, 2.24) is 15.5 Å². The Morgan fingerprint density at radius 2 is 2.08 bits per heavy atom. The average molecular weight is 478 g/mol. The number of nitrogens with zero attached hydrogens (tertiary/aromatic N) is 2. The first-order valence-corrected chi connectivity index (χ1v) is 9.46. The van der Waals surface area contributed by atoms with Crippen molar-refractivity contribution >= 4 is 29.9 Å². The quantitative estimate of drug-likeness (QED) is 0.247. The predicted octanol–water partition coefficient (Wildman–Crippen LogP) is 3.40. The fraction of sp³-hybridized carbons (Fsp3) is 0.737. The molecule has 0 saturated heterocycles. The number of halogens is 1. The van der Waals surface area contributed by atoms with Gasteiger partial charge in [-0.25, -0.2) is 0 Å². The van der Waals surface area contributed by atoms with Gasteiger partial charge in [-0.15, -0.1) is 24.0 Å². The Bertz CT molecular complexity index is 488. The van der Waals surface area contributed by atoms with E-state index in [0.29, 0.717) is 6.10 Å². The van der Waals surface area contributed by atoms with Crippen LogP contribution in [0.5, 0.6) is 0 Å². The van der Waals surface area contributed by atoms with Crippen LogP contribution in [0.15, 0.2) is 27.8 Å². The molecule has 1 aromatic rings. The number of nitrogens with one attached hydrogen (secondary N) is 2. The van der Waals surface area contributed by atoms with Crippen molar-refractivity contribution in [2.24, 2.45) is 4.99 Å². The maximum Gasteiger partial charge on any atom is 0.191 e. The minimum absolute atomic E-state index is 0. The van der Waals surface area contributed by atoms with E-state index >= 15 is 0 Å². The van der Waals surface area contributed by atoms with Crippen LogP contribution in [-0.2, 0) is 4.74 Å². The fourth-order valence-corrected chi connectivity index (χ4v) is 3.19. The minimum Gasteiger partial charge on any atom is -0.468 e. The zero-order chi connectivity index (χ0) is 17.9. The molecule has 1 saturated carbocycles. The molecule has 1 aliphatic rings. The number of hydrogen-bond acceptors (Lipinski definition) is 4. The standard InChI is InChI=1S/C19H34N4O2.HI/c1-20-19(21-12-8-14-24-16-9-5-4-6-10-16)22-15-17(23(2)3)18-11-7-13-25-18;/h7,11,13,16-17H,4-6,8-10,12,14-15H2,1-3H3,(H2,20,21,22);1H. The molecule has 1 fully saturated rings. The smallest absolute Gasteiger partial charge is 0.191 e. The lowest BCUT2D eigenvalue weighted by Crippen LogP contribution is -2.42. The topological polar surface area (TPSA) is 62.0 Å². The summed E-state index contributed by atoms with van der Waals surface area (Å²) in [5.74, 6) is 1.77. The second kappa shape index (κ2) is 13.4. The monoisotopic (exact) mass is 478 g/mol. The van der Waals surface area contributed by atoms with Gasteiger partial charge in [0.1, 0.15) is 5.76 Å². The molecule has 26 heavy (non-hydrogen) atoms. The number of guanidine groups is 1. The van der Waals surface area contributed by atoms with Gasteiger partial charge in [0, 0.05) is 26.7 Å². The van der Waals surface area contributed by atoms with Crippen molar-refractivity contribution < 1.29 is 9.15 Å². The third-order valence-electron chi connectivity index (χ3n) is 4.70. The third-order valence-corrected chi connectivity index (χ3v) is 4.70. The van der Waals surface area contributed by atoms with E-state index in [1.165, 1.54) is 32.1 Å². The molecule has 1 heterocycles. The molecule has 2 rings (SSSR count). The van der Waals surface area contributed by atoms with Gasteiger partial charge in [-0.05, 0) is 45.5 Å². The van der Waals surface area contributed by atoms with E-state index in [4.69, 9.17) is 9.15 Å². The molecule has 1 unspecified atom stereocenters. The SMILES string of the molecule is CN=C(NCCCOC1CCCCC1)NCC(c1ccco1)N(C)C.I. The first-order valence-electron chi connectivity index (χ1n) is 9.46. The summed E-state index contributed by atoms with van der Waals surface area (Å²) >= 11 is 0. The minimum atomic E-state index is 0. The number of furan rings is 1. The lowest BCUT2D eigenvalue weighted by Gasteiger charge is -2.24. The number of rotatable bonds is 9. The molecule has 0 bridgehead atoms. The van der Waals surface area contributed by atoms with Gasteiger partial charge in [-0.2, -0.15) is 0 Å². The highest BCUT2D eigenvalue weighted by molar-refractivity contribution is 14.0. The zero-order valence-corrected chi connectivity index (χ0v) is 18.7. The largest absolute Gasteiger partial charge is 0.468 e. The van der Waals surface area contributed by atoms with Crippen LogP contribution in [0.2, 0.25) is 0 Å². The lowest BCUT2D eigenvalue weighted by atomic mass is 9.98. The summed E-state index contributed by atoms with van der Waals surface area (Å²) in [6, 6.07) is 4.10. The van der Waals surface area contributed by atoms with Gasteiger partial charge in [0.05, 0.1) is 18.4 Å². The van der Waals surface area contributed by atoms with Gasteiger partial charge in [0.15, 0.2) is 5.96 Å². The molecule has 0 amide bonds. The molecule has 1 aliphatic carbocycles. The Balaban J connectivity index is 0.00000338. The highest BCUT2D eigenvalue weighted by Gasteiger charge is 2.17. The van der Waals surface area contributed by atoms with Crippen molar-refractivity contribution in [2.45, 2.75) is 50.7 Å². The van der Waals surface area contributed by atoms with Crippen molar-refractivity contribution in [3.63, 3.8) is 0 Å². The molecule has 1 aromatic heterocycles. The van der Waals surface area contributed by atoms with Crippen LogP contribution in [0.3, 0.4) is 0 Å². The van der Waals surface area contributed by atoms with Gasteiger partial charge in [-0.3, -0.25) is 9.89 Å². The maximum absolute atomic E-state index is 5.96. The number of hydrogen-bond donors (Lipinski definition) is 2. The fourth-order valence-electron chi connectivity index (χ4n) is 3.19. The first-order chi connectivity index (χ1) is 12.2. The Hall–Kier alpha value is -0.800. The molecule has 150 valence electrons. The van der Waals surface area contributed by atoms with Crippen molar-refractivity contribution in [1.29, 1.82) is 0 Å². The van der Waals surface area contributed by atoms with E-state index in [9.17, 15) is 0 Å². The molecule has 1 atom stereocenters. The Morgan fingerprint density at radius 3 is 2.69 bits per heavy atom. The lowest BCUT2D eigenvalue weighted by molar-refractivity contribution is 0.0277. The molecular weight excluding hydrogens is 443 g/mol. The number of aliphatic imine (C=N–C) groups is 1. The summed E-state index contributed by atoms with van der Waals surface area (Å²) in [4.78, 5) is 6.43. The summed E-state index contributed by atoms with van der Waals surface area (Å²) in [6.07, 6.45) is 9.67. The van der Waals surface area contributed by atoms with E-state index in [-0.39, 0.29) is 30.0 Å². The molecule has 0 aromatic carbocycles. The first kappa shape index (κ1) is 23.2. The van der Waals surface area contributed by atoms with E-state index in [1.54, 1.807) is 13.3 Å². The van der Waals surface area contributed by atoms with Crippen LogP contribution in [0.1, 0.15) is 50.3 Å². The third kappa shape index (κ3) is 8.26. The molecule has 0 aliphatic heterocycles. The summed E-state index contributed by atoms with van der Waals surface area (Å²) in [5, 5.41) is 6.73. The van der Waals surface area contributed by atoms with E-state index in [1.807, 2.05) is 26.2 Å². The second-order valence-corrected chi connectivity index (χ2v) is 6.86. The van der Waals surface area contributed by atoms with Crippen LogP contribution in [0.4, 0.5) is 0 Å². The summed E-state index contributed by atoms with van der Waals surface area (Å²) < 4.78 is 11.5. The van der Waals surface area contributed by atoms with Crippen LogP contribution >= 0.6 is 24.0 Å². The summed E-state index contributed by atoms with van der Waals surface area (Å²) in [7, 11) is 5.90. The molecular formula is C19H35IN4O2. The number of likely N-dealkylation sites (N-methyl/N-ethyl adjacent to an activating group) is 1. The van der Waals surface area contributed by atoms with Gasteiger partial charge in [-0.1, -0.05) is 19.3 Å². The Morgan fingerprint density at radius 1 is 1.31 bits per heavy atom. The normalized spacial score (nSPS) is 17.0. The maximum atomic E-state index is 5.96. The predicted molar refractivity (Wildman–Crippen MR) is 117 cm³/mol. The molecule has 0 spiro atoms. The molecule has 7 heteroatoms. The van der Waals surface area contributed by atoms with Crippen molar-refractivity contribution in [2.75, 3.05) is 40.8 Å². The van der Waals surface area contributed by atoms with Gasteiger partial charge in [0.25, 0.3) is 0 Å². The summed E-state index contributed by atoms with van der Waals surface area (Å²) in [5.41, 5.74) is 0. The average Bonchev–Trinajstić information content (AvgIpc) is 3.14. The Kier molecular flexibility index (Phi) is 12.0. The van der Waals surface area contributed by atoms with E-state index in [2.05, 4.69) is 20.5 Å². The van der Waals surface area contributed by atoms with Crippen LogP contribution in [0, 0.1) is 0 Å². The van der Waals surface area contributed by atoms with Crippen molar-refractivity contribution in [3.8, 4) is 0 Å². The number of ether oxygens (including phenoxy) is 1. The highest BCUT2D eigenvalue weighted by Crippen LogP contribution is 2.20. The van der Waals surface area contributed by atoms with Crippen molar-refractivity contribution in [3.05, 3.63) is 24.2 Å². The van der Waals surface area contributed by atoms with Gasteiger partial charge < -0.3 is 19.8 Å². The highest BCUT2D eigenvalue weighted by atomic mass is 127. The Labute approximate surface area is 175 Å². The van der Waals surface area contributed by atoms with E-state index < -0.39 is 0 Å². The molecule has 0 radical (unpaired) electrons. The van der Waals surface area contributed by atoms with Crippen LogP contribution < -0.4 is 10.6 Å². The summed E-state index contributed by atoms with van der Waals surface area (Å²) in [6.45, 7) is 2.42. The van der Waals surface area contributed by atoms with Crippen LogP contribution in [0.25, 0.3) is 0 Å². The van der Waals surface area contributed by atoms with Crippen LogP contribution in [-0.4, -0.2) is 57.8 Å². The second-order valence-electron chi connectivity index (χ2n) is 6.86. The molecule has 6 nitrogen and oxygen atoms in total.